The first-order valence-corrected chi connectivity index (χ1v) is 14.2. The highest BCUT2D eigenvalue weighted by Gasteiger charge is 2.32. The maximum Gasteiger partial charge on any atom is 0.271 e. The first-order valence-electron chi connectivity index (χ1n) is 13.4. The van der Waals surface area contributed by atoms with Gasteiger partial charge in [-0.2, -0.15) is 0 Å². The quantitative estimate of drug-likeness (QED) is 0.291. The van der Waals surface area contributed by atoms with E-state index < -0.39 is 0 Å². The zero-order valence-electron chi connectivity index (χ0n) is 22.5. The van der Waals surface area contributed by atoms with Gasteiger partial charge >= 0.3 is 0 Å². The molecule has 0 radical (unpaired) electrons. The predicted molar refractivity (Wildman–Crippen MR) is 162 cm³/mol. The summed E-state index contributed by atoms with van der Waals surface area (Å²) in [6.45, 7) is 0. The van der Waals surface area contributed by atoms with Crippen molar-refractivity contribution in [3.8, 4) is 11.5 Å². The summed E-state index contributed by atoms with van der Waals surface area (Å²) in [4.78, 5) is 19.7. The number of ether oxygens (including phenoxy) is 2. The lowest BCUT2D eigenvalue weighted by Gasteiger charge is -2.31. The number of nitrogens with zero attached hydrogens (tertiary/aromatic N) is 2. The van der Waals surface area contributed by atoms with Crippen molar-refractivity contribution in [1.29, 1.82) is 0 Å². The Kier molecular flexibility index (Phi) is 7.34. The molecule has 40 heavy (non-hydrogen) atoms. The van der Waals surface area contributed by atoms with Crippen molar-refractivity contribution in [1.82, 2.24) is 4.57 Å². The molecule has 0 N–H and O–H groups in total. The standard InChI is InChI=1S/C34H30N2O3S/c1-38-27-18-14-24(15-19-27)22-26-11-7-12-29-31(26)35-34-36(32(29)25-16-20-28(39-2)21-17-25)33(37)30(40-34)13-6-10-23-8-4-3-5-9-23/h3-6,8-10,13-22,32H,7,11-12H2,1-2H3/b10-6+,26-22+,30-13?/t32-/m1/s1. The van der Waals surface area contributed by atoms with Crippen molar-refractivity contribution < 1.29 is 9.47 Å². The van der Waals surface area contributed by atoms with Gasteiger partial charge in [0, 0.05) is 0 Å². The summed E-state index contributed by atoms with van der Waals surface area (Å²) in [5, 5.41) is 0. The van der Waals surface area contributed by atoms with Crippen molar-refractivity contribution in [2.45, 2.75) is 25.3 Å². The van der Waals surface area contributed by atoms with Gasteiger partial charge in [0.1, 0.15) is 11.5 Å². The monoisotopic (exact) mass is 546 g/mol. The molecular formula is C34H30N2O3S. The van der Waals surface area contributed by atoms with Gasteiger partial charge in [0.2, 0.25) is 0 Å². The second kappa shape index (κ2) is 11.4. The number of benzene rings is 3. The maximum absolute atomic E-state index is 13.8. The molecular weight excluding hydrogens is 516 g/mol. The number of methoxy groups -OCH3 is 2. The number of thiazole rings is 1. The van der Waals surface area contributed by atoms with E-state index in [2.05, 4.69) is 30.3 Å². The van der Waals surface area contributed by atoms with Crippen LogP contribution in [0.4, 0.5) is 0 Å². The molecule has 2 aliphatic rings. The molecule has 6 heteroatoms. The average Bonchev–Trinajstić information content (AvgIpc) is 3.32. The number of fused-ring (bicyclic) bond motifs is 1. The van der Waals surface area contributed by atoms with Crippen LogP contribution in [0.2, 0.25) is 0 Å². The van der Waals surface area contributed by atoms with Crippen molar-refractivity contribution in [3.05, 3.63) is 138 Å². The summed E-state index contributed by atoms with van der Waals surface area (Å²) < 4.78 is 13.3. The molecule has 5 nitrogen and oxygen atoms in total. The highest BCUT2D eigenvalue weighted by atomic mass is 32.1. The van der Waals surface area contributed by atoms with Crippen molar-refractivity contribution in [2.75, 3.05) is 14.2 Å². The third-order valence-corrected chi connectivity index (χ3v) is 8.36. The van der Waals surface area contributed by atoms with Crippen molar-refractivity contribution in [2.24, 2.45) is 4.99 Å². The van der Waals surface area contributed by atoms with Gasteiger partial charge in [0.15, 0.2) is 4.80 Å². The van der Waals surface area contributed by atoms with E-state index in [1.165, 1.54) is 22.5 Å². The molecule has 0 amide bonds. The second-order valence-electron chi connectivity index (χ2n) is 9.82. The van der Waals surface area contributed by atoms with E-state index in [4.69, 9.17) is 14.5 Å². The number of hydrogen-bond donors (Lipinski definition) is 0. The summed E-state index contributed by atoms with van der Waals surface area (Å²) in [5.74, 6) is 1.63. The fourth-order valence-electron chi connectivity index (χ4n) is 5.37. The van der Waals surface area contributed by atoms with Gasteiger partial charge in [-0.05, 0) is 83.5 Å². The molecule has 0 bridgehead atoms. The summed E-state index contributed by atoms with van der Waals surface area (Å²) in [7, 11) is 3.34. The Morgan fingerprint density at radius 2 is 1.57 bits per heavy atom. The van der Waals surface area contributed by atoms with Crippen LogP contribution in [0.1, 0.15) is 42.0 Å². The summed E-state index contributed by atoms with van der Waals surface area (Å²) >= 11 is 1.45. The van der Waals surface area contributed by atoms with Crippen LogP contribution in [0.15, 0.2) is 112 Å². The molecule has 0 unspecified atom stereocenters. The van der Waals surface area contributed by atoms with Crippen molar-refractivity contribution in [3.63, 3.8) is 0 Å². The smallest absolute Gasteiger partial charge is 0.271 e. The van der Waals surface area contributed by atoms with E-state index in [0.717, 1.165) is 58.0 Å². The lowest BCUT2D eigenvalue weighted by Crippen LogP contribution is -2.38. The van der Waals surface area contributed by atoms with E-state index >= 15 is 0 Å². The molecule has 0 spiro atoms. The molecule has 2 heterocycles. The third kappa shape index (κ3) is 5.10. The summed E-state index contributed by atoms with van der Waals surface area (Å²) in [6, 6.07) is 26.0. The Balaban J connectivity index is 1.49. The molecule has 1 aliphatic heterocycles. The highest BCUT2D eigenvalue weighted by molar-refractivity contribution is 7.07. The van der Waals surface area contributed by atoms with Crippen LogP contribution in [0.3, 0.4) is 0 Å². The minimum absolute atomic E-state index is 0.0138. The van der Waals surface area contributed by atoms with Gasteiger partial charge in [-0.15, -0.1) is 0 Å². The van der Waals surface area contributed by atoms with E-state index in [1.807, 2.05) is 77.4 Å². The SMILES string of the molecule is COc1ccc(/C=C2\CCCC3=C2N=c2sc(=C/C=C/c4ccccc4)c(=O)n2[C@@H]3c2ccc(OC)cc2)cc1. The Bertz CT molecular complexity index is 1790. The molecule has 1 aliphatic carbocycles. The lowest BCUT2D eigenvalue weighted by atomic mass is 9.84. The Labute approximate surface area is 237 Å². The molecule has 6 rings (SSSR count). The van der Waals surface area contributed by atoms with Gasteiger partial charge in [-0.3, -0.25) is 9.36 Å². The normalized spacial score (nSPS) is 18.0. The minimum atomic E-state index is -0.211. The molecule has 0 saturated heterocycles. The number of rotatable bonds is 6. The maximum atomic E-state index is 13.8. The van der Waals surface area contributed by atoms with Crippen LogP contribution in [-0.4, -0.2) is 18.8 Å². The molecule has 1 aromatic heterocycles. The third-order valence-electron chi connectivity index (χ3n) is 7.36. The topological polar surface area (TPSA) is 52.8 Å². The van der Waals surface area contributed by atoms with Crippen LogP contribution < -0.4 is 24.4 Å². The van der Waals surface area contributed by atoms with Crippen LogP contribution in [0, 0.1) is 0 Å². The predicted octanol–water partition coefficient (Wildman–Crippen LogP) is 6.17. The van der Waals surface area contributed by atoms with Crippen molar-refractivity contribution >= 4 is 29.6 Å². The van der Waals surface area contributed by atoms with Gasteiger partial charge in [0.25, 0.3) is 5.56 Å². The van der Waals surface area contributed by atoms with Gasteiger partial charge in [-0.25, -0.2) is 4.99 Å². The van der Waals surface area contributed by atoms with E-state index in [9.17, 15) is 4.79 Å². The Morgan fingerprint density at radius 3 is 2.27 bits per heavy atom. The zero-order chi connectivity index (χ0) is 27.5. The first kappa shape index (κ1) is 25.8. The first-order chi connectivity index (χ1) is 19.6. The van der Waals surface area contributed by atoms with Crippen LogP contribution in [-0.2, 0) is 0 Å². The Morgan fingerprint density at radius 1 is 0.875 bits per heavy atom. The lowest BCUT2D eigenvalue weighted by molar-refractivity contribution is 0.414. The Hall–Kier alpha value is -4.42. The van der Waals surface area contributed by atoms with Crippen LogP contribution in [0.5, 0.6) is 11.5 Å². The summed E-state index contributed by atoms with van der Waals surface area (Å²) in [6.07, 6.45) is 10.9. The molecule has 0 saturated carbocycles. The zero-order valence-corrected chi connectivity index (χ0v) is 23.4. The van der Waals surface area contributed by atoms with E-state index in [1.54, 1.807) is 14.2 Å². The number of hydrogen-bond acceptors (Lipinski definition) is 5. The van der Waals surface area contributed by atoms with Crippen LogP contribution >= 0.6 is 11.3 Å². The van der Waals surface area contributed by atoms with Gasteiger partial charge in [-0.1, -0.05) is 78.1 Å². The van der Waals surface area contributed by atoms with E-state index in [-0.39, 0.29) is 11.6 Å². The van der Waals surface area contributed by atoms with Gasteiger partial charge in [0.05, 0.1) is 30.5 Å². The second-order valence-corrected chi connectivity index (χ2v) is 10.8. The molecule has 0 fully saturated rings. The molecule has 200 valence electrons. The van der Waals surface area contributed by atoms with E-state index in [0.29, 0.717) is 4.53 Å². The fraction of sp³-hybridized carbons (Fsp3) is 0.176. The van der Waals surface area contributed by atoms with Crippen LogP contribution in [0.25, 0.3) is 18.2 Å². The fourth-order valence-corrected chi connectivity index (χ4v) is 6.32. The largest absolute Gasteiger partial charge is 0.497 e. The molecule has 3 aromatic carbocycles. The van der Waals surface area contributed by atoms with Gasteiger partial charge < -0.3 is 9.47 Å². The highest BCUT2D eigenvalue weighted by Crippen LogP contribution is 2.41. The number of allylic oxidation sites excluding steroid dienone is 3. The molecule has 4 aromatic rings. The average molecular weight is 547 g/mol. The minimum Gasteiger partial charge on any atom is -0.497 e. The number of aromatic nitrogens is 1. The molecule has 1 atom stereocenters. The summed E-state index contributed by atoms with van der Waals surface area (Å²) in [5.41, 5.74) is 6.64.